The molecule has 1 atom stereocenters. The van der Waals surface area contributed by atoms with Gasteiger partial charge in [0.05, 0.1) is 0 Å². The lowest BCUT2D eigenvalue weighted by Gasteiger charge is -2.12. The molecule has 94 valence electrons. The van der Waals surface area contributed by atoms with Crippen LogP contribution >= 0.6 is 15.9 Å². The van der Waals surface area contributed by atoms with Crippen LogP contribution in [0.1, 0.15) is 16.0 Å². The van der Waals surface area contributed by atoms with Gasteiger partial charge in [-0.15, -0.1) is 0 Å². The van der Waals surface area contributed by atoms with E-state index in [4.69, 9.17) is 0 Å². The van der Waals surface area contributed by atoms with Crippen LogP contribution in [-0.2, 0) is 6.42 Å². The Morgan fingerprint density at radius 2 is 1.56 bits per heavy atom. The number of benzene rings is 2. The van der Waals surface area contributed by atoms with E-state index in [2.05, 4.69) is 15.9 Å². The van der Waals surface area contributed by atoms with Crippen molar-refractivity contribution in [3.63, 3.8) is 0 Å². The van der Waals surface area contributed by atoms with E-state index in [1.807, 2.05) is 0 Å². The molecule has 0 N–H and O–H groups in total. The largest absolute Gasteiger partial charge is 0.207 e. The van der Waals surface area contributed by atoms with Gasteiger partial charge in [0.25, 0.3) is 0 Å². The molecule has 0 bridgehead atoms. The first-order valence-corrected chi connectivity index (χ1v) is 6.32. The summed E-state index contributed by atoms with van der Waals surface area (Å²) in [6.45, 7) is 0. The Kier molecular flexibility index (Phi) is 4.07. The molecule has 0 amide bonds. The molecule has 2 rings (SSSR count). The molecular weight excluding hydrogens is 305 g/mol. The second-order valence-corrected chi connectivity index (χ2v) is 5.04. The van der Waals surface area contributed by atoms with E-state index in [9.17, 15) is 13.2 Å². The molecular formula is C14H10BrF3. The van der Waals surface area contributed by atoms with Gasteiger partial charge in [-0.25, -0.2) is 13.2 Å². The van der Waals surface area contributed by atoms with Crippen molar-refractivity contribution < 1.29 is 13.2 Å². The third-order valence-electron chi connectivity index (χ3n) is 2.62. The fourth-order valence-corrected chi connectivity index (χ4v) is 2.59. The smallest absolute Gasteiger partial charge is 0.130 e. The van der Waals surface area contributed by atoms with Gasteiger partial charge in [0.15, 0.2) is 0 Å². The highest BCUT2D eigenvalue weighted by Crippen LogP contribution is 2.31. The molecule has 2 aromatic carbocycles. The first-order chi connectivity index (χ1) is 8.58. The lowest BCUT2D eigenvalue weighted by atomic mass is 10.0. The minimum absolute atomic E-state index is 0.0261. The summed E-state index contributed by atoms with van der Waals surface area (Å²) in [6, 6.07) is 9.70. The lowest BCUT2D eigenvalue weighted by Crippen LogP contribution is -2.02. The van der Waals surface area contributed by atoms with Crippen LogP contribution in [0.2, 0.25) is 0 Å². The third kappa shape index (κ3) is 2.93. The van der Waals surface area contributed by atoms with Crippen LogP contribution in [0.25, 0.3) is 0 Å². The second-order valence-electron chi connectivity index (χ2n) is 3.94. The maximum Gasteiger partial charge on any atom is 0.130 e. The molecule has 0 fully saturated rings. The Bertz CT molecular complexity index is 534. The van der Waals surface area contributed by atoms with Crippen LogP contribution in [0, 0.1) is 17.5 Å². The molecule has 0 aliphatic carbocycles. The standard InChI is InChI=1S/C14H10BrF3/c15-11(8-9-3-1-4-10(16)7-9)14-12(17)5-2-6-13(14)18/h1-7,11H,8H2. The number of hydrogen-bond donors (Lipinski definition) is 0. The Balaban J connectivity index is 2.25. The molecule has 18 heavy (non-hydrogen) atoms. The molecule has 0 spiro atoms. The molecule has 1 unspecified atom stereocenters. The Labute approximate surface area is 112 Å². The lowest BCUT2D eigenvalue weighted by molar-refractivity contribution is 0.553. The number of alkyl halides is 1. The fourth-order valence-electron chi connectivity index (χ4n) is 1.78. The van der Waals surface area contributed by atoms with E-state index in [1.54, 1.807) is 12.1 Å². The average Bonchev–Trinajstić information content (AvgIpc) is 2.28. The van der Waals surface area contributed by atoms with E-state index in [1.165, 1.54) is 30.3 Å². The molecule has 0 saturated carbocycles. The van der Waals surface area contributed by atoms with Gasteiger partial charge >= 0.3 is 0 Å². The van der Waals surface area contributed by atoms with Crippen LogP contribution in [0.5, 0.6) is 0 Å². The molecule has 0 saturated heterocycles. The summed E-state index contributed by atoms with van der Waals surface area (Å²) in [5, 5.41) is 0. The summed E-state index contributed by atoms with van der Waals surface area (Å²) < 4.78 is 40.1. The molecule has 0 nitrogen and oxygen atoms in total. The Morgan fingerprint density at radius 3 is 2.17 bits per heavy atom. The first-order valence-electron chi connectivity index (χ1n) is 5.40. The van der Waals surface area contributed by atoms with Crippen LogP contribution < -0.4 is 0 Å². The highest BCUT2D eigenvalue weighted by atomic mass is 79.9. The van der Waals surface area contributed by atoms with E-state index < -0.39 is 16.5 Å². The van der Waals surface area contributed by atoms with Crippen molar-refractivity contribution in [2.75, 3.05) is 0 Å². The SMILES string of the molecule is Fc1cccc(CC(Br)c2c(F)cccc2F)c1. The normalized spacial score (nSPS) is 12.4. The predicted octanol–water partition coefficient (Wildman–Crippen LogP) is 4.78. The summed E-state index contributed by atoms with van der Waals surface area (Å²) in [5.74, 6) is -1.57. The summed E-state index contributed by atoms with van der Waals surface area (Å²) in [7, 11) is 0. The summed E-state index contributed by atoms with van der Waals surface area (Å²) in [6.07, 6.45) is 0.315. The van der Waals surface area contributed by atoms with Crippen molar-refractivity contribution >= 4 is 15.9 Å². The number of halogens is 4. The Morgan fingerprint density at radius 1 is 0.944 bits per heavy atom. The van der Waals surface area contributed by atoms with Crippen molar-refractivity contribution in [1.29, 1.82) is 0 Å². The fraction of sp³-hybridized carbons (Fsp3) is 0.143. The Hall–Kier alpha value is -1.29. The zero-order valence-corrected chi connectivity index (χ0v) is 10.9. The maximum absolute atomic E-state index is 13.5. The van der Waals surface area contributed by atoms with Crippen molar-refractivity contribution in [3.05, 3.63) is 71.0 Å². The van der Waals surface area contributed by atoms with Gasteiger partial charge < -0.3 is 0 Å². The molecule has 0 heterocycles. The zero-order chi connectivity index (χ0) is 13.1. The summed E-state index contributed by atoms with van der Waals surface area (Å²) in [4.78, 5) is -0.527. The van der Waals surface area contributed by atoms with Crippen LogP contribution in [0.3, 0.4) is 0 Å². The van der Waals surface area contributed by atoms with Gasteiger partial charge in [-0.1, -0.05) is 34.1 Å². The minimum Gasteiger partial charge on any atom is -0.207 e. The van der Waals surface area contributed by atoms with Crippen molar-refractivity contribution in [2.24, 2.45) is 0 Å². The van der Waals surface area contributed by atoms with Crippen molar-refractivity contribution in [3.8, 4) is 0 Å². The van der Waals surface area contributed by atoms with E-state index in [-0.39, 0.29) is 11.4 Å². The number of hydrogen-bond acceptors (Lipinski definition) is 0. The molecule has 0 aliphatic rings. The first kappa shape index (κ1) is 13.1. The highest BCUT2D eigenvalue weighted by molar-refractivity contribution is 9.09. The van der Waals surface area contributed by atoms with Crippen LogP contribution in [0.15, 0.2) is 42.5 Å². The molecule has 0 aromatic heterocycles. The highest BCUT2D eigenvalue weighted by Gasteiger charge is 2.17. The average molecular weight is 315 g/mol. The molecule has 0 aliphatic heterocycles. The molecule has 0 radical (unpaired) electrons. The maximum atomic E-state index is 13.5. The predicted molar refractivity (Wildman–Crippen MR) is 68.1 cm³/mol. The summed E-state index contributed by atoms with van der Waals surface area (Å²) in [5.41, 5.74) is 0.654. The van der Waals surface area contributed by atoms with E-state index in [0.717, 1.165) is 0 Å². The third-order valence-corrected chi connectivity index (χ3v) is 3.40. The van der Waals surface area contributed by atoms with Gasteiger partial charge in [-0.3, -0.25) is 0 Å². The number of rotatable bonds is 3. The molecule has 2 aromatic rings. The van der Waals surface area contributed by atoms with E-state index >= 15 is 0 Å². The molecule has 4 heteroatoms. The topological polar surface area (TPSA) is 0 Å². The summed E-state index contributed by atoms with van der Waals surface area (Å²) >= 11 is 3.25. The second kappa shape index (κ2) is 5.57. The minimum atomic E-state index is -0.603. The van der Waals surface area contributed by atoms with Gasteiger partial charge in [0.2, 0.25) is 0 Å². The zero-order valence-electron chi connectivity index (χ0n) is 9.34. The van der Waals surface area contributed by atoms with Crippen molar-refractivity contribution in [1.82, 2.24) is 0 Å². The van der Waals surface area contributed by atoms with E-state index in [0.29, 0.717) is 12.0 Å². The van der Waals surface area contributed by atoms with Gasteiger partial charge in [-0.2, -0.15) is 0 Å². The monoisotopic (exact) mass is 314 g/mol. The van der Waals surface area contributed by atoms with Crippen LogP contribution in [0.4, 0.5) is 13.2 Å². The van der Waals surface area contributed by atoms with Gasteiger partial charge in [0, 0.05) is 10.4 Å². The van der Waals surface area contributed by atoms with Gasteiger partial charge in [-0.05, 0) is 36.2 Å². The van der Waals surface area contributed by atoms with Crippen LogP contribution in [-0.4, -0.2) is 0 Å². The van der Waals surface area contributed by atoms with Crippen molar-refractivity contribution in [2.45, 2.75) is 11.2 Å². The van der Waals surface area contributed by atoms with Gasteiger partial charge in [0.1, 0.15) is 17.5 Å². The quantitative estimate of drug-likeness (QED) is 0.715.